The lowest BCUT2D eigenvalue weighted by Crippen LogP contribution is -1.89. The molecule has 0 fully saturated rings. The minimum absolute atomic E-state index is 0.959. The van der Waals surface area contributed by atoms with E-state index in [4.69, 9.17) is 0 Å². The summed E-state index contributed by atoms with van der Waals surface area (Å²) in [5, 5.41) is 0. The van der Waals surface area contributed by atoms with Crippen molar-refractivity contribution in [1.29, 1.82) is 0 Å². The van der Waals surface area contributed by atoms with Crippen molar-refractivity contribution < 1.29 is 0 Å². The van der Waals surface area contributed by atoms with E-state index in [0.717, 1.165) is 78.0 Å². The quantitative estimate of drug-likeness (QED) is 0.178. The highest BCUT2D eigenvalue weighted by atomic mass is 14.8. The standard InChI is InChI=1S/C43H29N5/c1-2-16-48-43(15-1)37-14-6-10-33(20-37)31-8-4-12-35(18-31)39-21-38(22-40(23-39)42-26-46-29-47-27-42)34-11-3-7-30(17-34)32-9-5-13-36(19-32)41-24-44-28-45-25-41/h1-29H. The first kappa shape index (κ1) is 28.9. The third-order valence-electron chi connectivity index (χ3n) is 8.47. The number of benzene rings is 5. The summed E-state index contributed by atoms with van der Waals surface area (Å²) >= 11 is 0. The molecule has 0 unspecified atom stereocenters. The molecule has 5 nitrogen and oxygen atoms in total. The summed E-state index contributed by atoms with van der Waals surface area (Å²) in [7, 11) is 0. The molecule has 5 heteroatoms. The third-order valence-corrected chi connectivity index (χ3v) is 8.47. The van der Waals surface area contributed by atoms with Crippen LogP contribution in [-0.2, 0) is 0 Å². The number of pyridine rings is 1. The Morgan fingerprint density at radius 2 is 0.604 bits per heavy atom. The fourth-order valence-electron chi connectivity index (χ4n) is 6.05. The van der Waals surface area contributed by atoms with Crippen LogP contribution in [0.15, 0.2) is 177 Å². The molecule has 0 radical (unpaired) electrons. The fourth-order valence-corrected chi connectivity index (χ4v) is 6.05. The van der Waals surface area contributed by atoms with Crippen molar-refractivity contribution >= 4 is 0 Å². The van der Waals surface area contributed by atoms with E-state index in [1.54, 1.807) is 12.7 Å². The molecule has 0 saturated heterocycles. The molecule has 8 rings (SSSR count). The predicted octanol–water partition coefficient (Wildman–Crippen LogP) is 10.3. The van der Waals surface area contributed by atoms with Gasteiger partial charge in [-0.1, -0.05) is 78.9 Å². The summed E-state index contributed by atoms with van der Waals surface area (Å²) in [5.74, 6) is 0. The monoisotopic (exact) mass is 615 g/mol. The topological polar surface area (TPSA) is 64.5 Å². The average molecular weight is 616 g/mol. The smallest absolute Gasteiger partial charge is 0.115 e. The highest BCUT2D eigenvalue weighted by Crippen LogP contribution is 2.36. The van der Waals surface area contributed by atoms with Crippen LogP contribution in [0.5, 0.6) is 0 Å². The van der Waals surface area contributed by atoms with Gasteiger partial charge < -0.3 is 0 Å². The lowest BCUT2D eigenvalue weighted by molar-refractivity contribution is 1.17. The second-order valence-electron chi connectivity index (χ2n) is 11.6. The fraction of sp³-hybridized carbons (Fsp3) is 0. The first-order valence-corrected chi connectivity index (χ1v) is 15.8. The Bertz CT molecular complexity index is 2190. The molecule has 3 aromatic heterocycles. The largest absolute Gasteiger partial charge is 0.256 e. The van der Waals surface area contributed by atoms with E-state index >= 15 is 0 Å². The maximum absolute atomic E-state index is 4.55. The third kappa shape index (κ3) is 6.13. The van der Waals surface area contributed by atoms with Gasteiger partial charge >= 0.3 is 0 Å². The molecule has 0 bridgehead atoms. The van der Waals surface area contributed by atoms with Crippen LogP contribution < -0.4 is 0 Å². The van der Waals surface area contributed by atoms with Crippen LogP contribution >= 0.6 is 0 Å². The van der Waals surface area contributed by atoms with Crippen molar-refractivity contribution in [2.75, 3.05) is 0 Å². The molecule has 0 saturated carbocycles. The highest BCUT2D eigenvalue weighted by molar-refractivity contribution is 5.84. The Kier molecular flexibility index (Phi) is 7.83. The summed E-state index contributed by atoms with van der Waals surface area (Å²) in [6, 6.07) is 47.2. The Morgan fingerprint density at radius 1 is 0.271 bits per heavy atom. The minimum Gasteiger partial charge on any atom is -0.256 e. The van der Waals surface area contributed by atoms with Gasteiger partial charge in [-0.3, -0.25) is 4.98 Å². The van der Waals surface area contributed by atoms with Crippen LogP contribution in [-0.4, -0.2) is 24.9 Å². The summed E-state index contributed by atoms with van der Waals surface area (Å²) in [6.07, 6.45) is 12.4. The number of aromatic nitrogens is 5. The van der Waals surface area contributed by atoms with E-state index in [1.807, 2.05) is 49.2 Å². The van der Waals surface area contributed by atoms with Gasteiger partial charge in [0.15, 0.2) is 0 Å². The van der Waals surface area contributed by atoms with Gasteiger partial charge in [0.05, 0.1) is 5.69 Å². The van der Waals surface area contributed by atoms with Crippen molar-refractivity contribution in [3.63, 3.8) is 0 Å². The molecule has 226 valence electrons. The zero-order chi connectivity index (χ0) is 32.1. The molecule has 8 aromatic rings. The number of nitrogens with zero attached hydrogens (tertiary/aromatic N) is 5. The van der Waals surface area contributed by atoms with Crippen LogP contribution in [0, 0.1) is 0 Å². The zero-order valence-electron chi connectivity index (χ0n) is 26.0. The predicted molar refractivity (Wildman–Crippen MR) is 193 cm³/mol. The number of rotatable bonds is 7. The number of hydrogen-bond donors (Lipinski definition) is 0. The van der Waals surface area contributed by atoms with Gasteiger partial charge in [0.25, 0.3) is 0 Å². The number of hydrogen-bond acceptors (Lipinski definition) is 5. The summed E-state index contributed by atoms with van der Waals surface area (Å²) in [5.41, 5.74) is 15.2. The molecular formula is C43H29N5. The molecule has 3 heterocycles. The average Bonchev–Trinajstić information content (AvgIpc) is 3.19. The molecule has 0 amide bonds. The normalized spacial score (nSPS) is 10.9. The molecular weight excluding hydrogens is 587 g/mol. The van der Waals surface area contributed by atoms with Gasteiger partial charge in [-0.2, -0.15) is 0 Å². The van der Waals surface area contributed by atoms with Crippen molar-refractivity contribution in [2.24, 2.45) is 0 Å². The van der Waals surface area contributed by atoms with E-state index in [-0.39, 0.29) is 0 Å². The van der Waals surface area contributed by atoms with E-state index in [9.17, 15) is 0 Å². The van der Waals surface area contributed by atoms with Gasteiger partial charge in [0, 0.05) is 47.7 Å². The van der Waals surface area contributed by atoms with Gasteiger partial charge in [-0.25, -0.2) is 19.9 Å². The molecule has 0 aliphatic heterocycles. The van der Waals surface area contributed by atoms with Crippen LogP contribution in [0.25, 0.3) is 78.0 Å². The highest BCUT2D eigenvalue weighted by Gasteiger charge is 2.11. The summed E-state index contributed by atoms with van der Waals surface area (Å²) < 4.78 is 0. The van der Waals surface area contributed by atoms with Crippen molar-refractivity contribution in [3.8, 4) is 78.0 Å². The Hall–Kier alpha value is -6.59. The molecule has 0 N–H and O–H groups in total. The first-order chi connectivity index (χ1) is 23.8. The van der Waals surface area contributed by atoms with E-state index < -0.39 is 0 Å². The summed E-state index contributed by atoms with van der Waals surface area (Å²) in [6.45, 7) is 0. The van der Waals surface area contributed by atoms with Crippen LogP contribution in [0.1, 0.15) is 0 Å². The Balaban J connectivity index is 1.20. The van der Waals surface area contributed by atoms with Crippen molar-refractivity contribution in [1.82, 2.24) is 24.9 Å². The van der Waals surface area contributed by atoms with Gasteiger partial charge in [-0.05, 0) is 110 Å². The first-order valence-electron chi connectivity index (χ1n) is 15.8. The molecule has 0 spiro atoms. The van der Waals surface area contributed by atoms with Gasteiger partial charge in [0.2, 0.25) is 0 Å². The molecule has 0 aliphatic carbocycles. The lowest BCUT2D eigenvalue weighted by atomic mass is 9.91. The Labute approximate surface area is 279 Å². The van der Waals surface area contributed by atoms with Crippen LogP contribution in [0.2, 0.25) is 0 Å². The Morgan fingerprint density at radius 3 is 1.04 bits per heavy atom. The lowest BCUT2D eigenvalue weighted by Gasteiger charge is -2.13. The minimum atomic E-state index is 0.959. The van der Waals surface area contributed by atoms with Gasteiger partial charge in [0.1, 0.15) is 12.7 Å². The SMILES string of the molecule is c1ccc(-c2cccc(-c3cccc(-c4cc(-c5cncnc5)cc(-c5cccc(-c6cccc(-c7cncnc7)c6)c5)c4)c3)c2)nc1. The second kappa shape index (κ2) is 13.0. The van der Waals surface area contributed by atoms with Gasteiger partial charge in [-0.15, -0.1) is 0 Å². The van der Waals surface area contributed by atoms with Crippen molar-refractivity contribution in [2.45, 2.75) is 0 Å². The maximum atomic E-state index is 4.55. The second-order valence-corrected chi connectivity index (χ2v) is 11.6. The molecule has 0 aliphatic rings. The maximum Gasteiger partial charge on any atom is 0.115 e. The van der Waals surface area contributed by atoms with E-state index in [2.05, 4.69) is 140 Å². The van der Waals surface area contributed by atoms with E-state index in [1.165, 1.54) is 0 Å². The molecule has 5 aromatic carbocycles. The van der Waals surface area contributed by atoms with E-state index in [0.29, 0.717) is 0 Å². The van der Waals surface area contributed by atoms with Crippen LogP contribution in [0.4, 0.5) is 0 Å². The zero-order valence-corrected chi connectivity index (χ0v) is 26.0. The molecule has 0 atom stereocenters. The van der Waals surface area contributed by atoms with Crippen LogP contribution in [0.3, 0.4) is 0 Å². The van der Waals surface area contributed by atoms with Crippen molar-refractivity contribution in [3.05, 3.63) is 177 Å². The molecule has 48 heavy (non-hydrogen) atoms. The summed E-state index contributed by atoms with van der Waals surface area (Å²) in [4.78, 5) is 21.6.